The SMILES string of the molecule is CCCCCCCCCCCCCCCOCCOCCOCCOCCOCCOCCOCCOC(=O)c1ccccc1Nc1cccc(C(F)(F)F)c1. The summed E-state index contributed by atoms with van der Waals surface area (Å²) in [6.07, 6.45) is 13.1. The number of unbranched alkanes of at least 4 members (excludes halogenated alkanes) is 12. The number of nitrogens with one attached hydrogen (secondary N) is 1. The number of benzene rings is 2. The molecule has 0 aliphatic heterocycles. The number of ether oxygens (including phenoxy) is 8. The van der Waals surface area contributed by atoms with Crippen molar-refractivity contribution in [3.05, 3.63) is 59.7 Å². The Bertz CT molecular complexity index is 1220. The maximum absolute atomic E-state index is 13.1. The minimum Gasteiger partial charge on any atom is -0.460 e. The minimum atomic E-state index is -4.47. The van der Waals surface area contributed by atoms with Crippen LogP contribution in [0.2, 0.25) is 0 Å². The van der Waals surface area contributed by atoms with Gasteiger partial charge in [-0.1, -0.05) is 102 Å². The summed E-state index contributed by atoms with van der Waals surface area (Å²) < 4.78 is 83.1. The molecule has 1 N–H and O–H groups in total. The Labute approximate surface area is 333 Å². The third-order valence-corrected chi connectivity index (χ3v) is 8.70. The molecule has 0 bridgehead atoms. The van der Waals surface area contributed by atoms with Gasteiger partial charge in [-0.05, 0) is 36.8 Å². The van der Waals surface area contributed by atoms with E-state index in [1.165, 1.54) is 95.2 Å². The number of hydrogen-bond donors (Lipinski definition) is 1. The van der Waals surface area contributed by atoms with Crippen LogP contribution in [0.25, 0.3) is 0 Å². The zero-order chi connectivity index (χ0) is 40.2. The monoisotopic (exact) mass is 799 g/mol. The van der Waals surface area contributed by atoms with Crippen molar-refractivity contribution in [3.63, 3.8) is 0 Å². The third-order valence-electron chi connectivity index (χ3n) is 8.70. The van der Waals surface area contributed by atoms with Gasteiger partial charge in [0.2, 0.25) is 0 Å². The lowest BCUT2D eigenvalue weighted by Gasteiger charge is -2.13. The van der Waals surface area contributed by atoms with Crippen molar-refractivity contribution in [2.75, 3.05) is 104 Å². The van der Waals surface area contributed by atoms with Crippen molar-refractivity contribution in [2.45, 2.75) is 96.6 Å². The molecule has 0 aliphatic rings. The number of carbonyl (C=O) groups is 1. The summed E-state index contributed by atoms with van der Waals surface area (Å²) >= 11 is 0. The first-order valence-corrected chi connectivity index (χ1v) is 20.7. The molecular formula is C43H68F3NO9. The Kier molecular flexibility index (Phi) is 30.2. The second-order valence-electron chi connectivity index (χ2n) is 13.4. The molecule has 2 aromatic rings. The third kappa shape index (κ3) is 27.0. The lowest BCUT2D eigenvalue weighted by molar-refractivity contribution is -0.137. The maximum atomic E-state index is 13.1. The van der Waals surface area contributed by atoms with Crippen LogP contribution >= 0.6 is 0 Å². The lowest BCUT2D eigenvalue weighted by atomic mass is 10.0. The summed E-state index contributed by atoms with van der Waals surface area (Å²) in [5.74, 6) is -0.620. The molecule has 0 atom stereocenters. The largest absolute Gasteiger partial charge is 0.460 e. The van der Waals surface area contributed by atoms with E-state index in [1.807, 2.05) is 0 Å². The highest BCUT2D eigenvalue weighted by atomic mass is 19.4. The highest BCUT2D eigenvalue weighted by Gasteiger charge is 2.30. The van der Waals surface area contributed by atoms with Crippen molar-refractivity contribution < 1.29 is 55.9 Å². The van der Waals surface area contributed by atoms with Crippen LogP contribution in [-0.2, 0) is 44.1 Å². The van der Waals surface area contributed by atoms with Crippen molar-refractivity contribution in [2.24, 2.45) is 0 Å². The summed E-state index contributed by atoms with van der Waals surface area (Å²) in [4.78, 5) is 12.6. The molecule has 13 heteroatoms. The Morgan fingerprint density at radius 1 is 0.500 bits per heavy atom. The molecule has 0 heterocycles. The smallest absolute Gasteiger partial charge is 0.416 e. The molecular weight excluding hydrogens is 731 g/mol. The molecule has 0 aliphatic carbocycles. The molecule has 10 nitrogen and oxygen atoms in total. The molecule has 2 aromatic carbocycles. The number of hydrogen-bond acceptors (Lipinski definition) is 10. The summed E-state index contributed by atoms with van der Waals surface area (Å²) in [6, 6.07) is 11.2. The topological polar surface area (TPSA) is 103 Å². The molecule has 0 fully saturated rings. The molecule has 0 saturated heterocycles. The van der Waals surface area contributed by atoms with Crippen LogP contribution in [0.1, 0.15) is 106 Å². The summed E-state index contributed by atoms with van der Waals surface area (Å²) in [7, 11) is 0. The average Bonchev–Trinajstić information content (AvgIpc) is 3.19. The first-order valence-electron chi connectivity index (χ1n) is 20.7. The van der Waals surface area contributed by atoms with Crippen molar-refractivity contribution in [3.8, 4) is 0 Å². The van der Waals surface area contributed by atoms with Gasteiger partial charge in [-0.15, -0.1) is 0 Å². The van der Waals surface area contributed by atoms with Gasteiger partial charge < -0.3 is 43.2 Å². The average molecular weight is 800 g/mol. The quantitative estimate of drug-likeness (QED) is 0.0522. The normalized spacial score (nSPS) is 11.6. The molecule has 0 aromatic heterocycles. The molecule has 2 rings (SSSR count). The van der Waals surface area contributed by atoms with E-state index in [1.54, 1.807) is 18.2 Å². The standard InChI is InChI=1S/C43H68F3NO9/c1-2-3-4-5-6-7-8-9-10-11-12-13-16-22-49-23-24-50-25-26-51-27-28-52-29-30-53-31-32-54-33-34-55-35-36-56-42(48)40-20-14-15-21-41(40)47-39-19-17-18-38(37-39)43(44,45)46/h14-15,17-21,37,47H,2-13,16,22-36H2,1H3. The Hall–Kier alpha value is -2.78. The summed E-state index contributed by atoms with van der Waals surface area (Å²) in [5.41, 5.74) is -0.0633. The second-order valence-corrected chi connectivity index (χ2v) is 13.4. The van der Waals surface area contributed by atoms with Gasteiger partial charge >= 0.3 is 12.1 Å². The zero-order valence-corrected chi connectivity index (χ0v) is 33.7. The molecule has 0 saturated carbocycles. The van der Waals surface area contributed by atoms with E-state index in [4.69, 9.17) is 37.9 Å². The molecule has 56 heavy (non-hydrogen) atoms. The number of alkyl halides is 3. The minimum absolute atomic E-state index is 0.00763. The van der Waals surface area contributed by atoms with Crippen LogP contribution in [0.4, 0.5) is 24.5 Å². The van der Waals surface area contributed by atoms with E-state index < -0.39 is 17.7 Å². The number of halogens is 3. The van der Waals surface area contributed by atoms with Gasteiger partial charge in [0, 0.05) is 12.3 Å². The molecule has 0 unspecified atom stereocenters. The number of carbonyl (C=O) groups excluding carboxylic acids is 1. The van der Waals surface area contributed by atoms with E-state index in [0.717, 1.165) is 25.2 Å². The van der Waals surface area contributed by atoms with Gasteiger partial charge in [0.1, 0.15) is 6.61 Å². The van der Waals surface area contributed by atoms with E-state index in [-0.39, 0.29) is 24.5 Å². The van der Waals surface area contributed by atoms with Crippen LogP contribution in [0.5, 0.6) is 0 Å². The summed E-state index contributed by atoms with van der Waals surface area (Å²) in [6.45, 7) is 8.89. The van der Waals surface area contributed by atoms with Crippen LogP contribution in [0, 0.1) is 0 Å². The predicted octanol–water partition coefficient (Wildman–Crippen LogP) is 9.81. The highest BCUT2D eigenvalue weighted by molar-refractivity contribution is 5.96. The lowest BCUT2D eigenvalue weighted by Crippen LogP contribution is -2.15. The van der Waals surface area contributed by atoms with Gasteiger partial charge in [-0.25, -0.2) is 4.79 Å². The van der Waals surface area contributed by atoms with Gasteiger partial charge in [0.05, 0.1) is 103 Å². The predicted molar refractivity (Wildman–Crippen MR) is 213 cm³/mol. The van der Waals surface area contributed by atoms with Crippen LogP contribution in [-0.4, -0.2) is 105 Å². The zero-order valence-electron chi connectivity index (χ0n) is 33.7. The van der Waals surface area contributed by atoms with Crippen LogP contribution < -0.4 is 5.32 Å². The van der Waals surface area contributed by atoms with Crippen LogP contribution in [0.3, 0.4) is 0 Å². The van der Waals surface area contributed by atoms with Crippen molar-refractivity contribution in [1.82, 2.24) is 0 Å². The second kappa shape index (κ2) is 34.3. The van der Waals surface area contributed by atoms with E-state index >= 15 is 0 Å². The van der Waals surface area contributed by atoms with Gasteiger partial charge in [0.25, 0.3) is 0 Å². The number of para-hydroxylation sites is 1. The molecule has 0 spiro atoms. The number of esters is 1. The van der Waals surface area contributed by atoms with Gasteiger partial charge in [0.15, 0.2) is 0 Å². The molecule has 0 amide bonds. The van der Waals surface area contributed by atoms with E-state index in [0.29, 0.717) is 85.0 Å². The number of anilines is 2. The Balaban J connectivity index is 1.27. The maximum Gasteiger partial charge on any atom is 0.416 e. The summed E-state index contributed by atoms with van der Waals surface area (Å²) in [5, 5.41) is 2.87. The highest BCUT2D eigenvalue weighted by Crippen LogP contribution is 2.32. The molecule has 320 valence electrons. The first-order chi connectivity index (χ1) is 27.4. The van der Waals surface area contributed by atoms with Crippen molar-refractivity contribution in [1.29, 1.82) is 0 Å². The Morgan fingerprint density at radius 3 is 1.38 bits per heavy atom. The fourth-order valence-corrected chi connectivity index (χ4v) is 5.61. The van der Waals surface area contributed by atoms with E-state index in [2.05, 4.69) is 12.2 Å². The Morgan fingerprint density at radius 2 is 0.911 bits per heavy atom. The molecule has 0 radical (unpaired) electrons. The number of rotatable bonds is 38. The van der Waals surface area contributed by atoms with E-state index in [9.17, 15) is 18.0 Å². The fraction of sp³-hybridized carbons (Fsp3) is 0.698. The van der Waals surface area contributed by atoms with Gasteiger partial charge in [-0.2, -0.15) is 13.2 Å². The first kappa shape index (κ1) is 49.4. The van der Waals surface area contributed by atoms with Crippen LogP contribution in [0.15, 0.2) is 48.5 Å². The fourth-order valence-electron chi connectivity index (χ4n) is 5.61. The van der Waals surface area contributed by atoms with Crippen molar-refractivity contribution >= 4 is 17.3 Å². The van der Waals surface area contributed by atoms with Gasteiger partial charge in [-0.3, -0.25) is 0 Å².